The molecule has 2 fully saturated rings. The fraction of sp³-hybridized carbons (Fsp3) is 0.318. The number of aliphatic imine (C=N–C) groups is 1. The minimum Gasteiger partial charge on any atom is -0.304 e. The smallest absolute Gasteiger partial charge is 0.209 e. The van der Waals surface area contributed by atoms with E-state index in [1.54, 1.807) is 0 Å². The van der Waals surface area contributed by atoms with Crippen LogP contribution in [0.3, 0.4) is 0 Å². The first-order valence-electron chi connectivity index (χ1n) is 10.2. The molecule has 0 spiro atoms. The SMILES string of the molecule is C1CNCNC1.C=Nc1nc(-c2cccc(-c3ccc(SN4CCC4)cc3)n2)cs1. The third-order valence-electron chi connectivity index (χ3n) is 4.80. The van der Waals surface area contributed by atoms with Crippen molar-refractivity contribution in [2.24, 2.45) is 4.99 Å². The van der Waals surface area contributed by atoms with Crippen LogP contribution in [0.15, 0.2) is 57.7 Å². The summed E-state index contributed by atoms with van der Waals surface area (Å²) in [7, 11) is 0. The molecule has 0 amide bonds. The molecule has 0 unspecified atom stereocenters. The van der Waals surface area contributed by atoms with Crippen molar-refractivity contribution in [1.29, 1.82) is 0 Å². The number of rotatable bonds is 5. The molecule has 1 aromatic carbocycles. The molecule has 0 aliphatic carbocycles. The van der Waals surface area contributed by atoms with E-state index >= 15 is 0 Å². The molecule has 0 radical (unpaired) electrons. The van der Waals surface area contributed by atoms with Gasteiger partial charge in [0.15, 0.2) is 0 Å². The van der Waals surface area contributed by atoms with Crippen LogP contribution in [-0.2, 0) is 0 Å². The number of pyridine rings is 1. The fourth-order valence-electron chi connectivity index (χ4n) is 3.01. The highest BCUT2D eigenvalue weighted by molar-refractivity contribution is 7.97. The van der Waals surface area contributed by atoms with Gasteiger partial charge in [-0.05, 0) is 68.9 Å². The lowest BCUT2D eigenvalue weighted by Crippen LogP contribution is -2.37. The average molecular weight is 439 g/mol. The van der Waals surface area contributed by atoms with Crippen LogP contribution in [-0.4, -0.2) is 53.8 Å². The summed E-state index contributed by atoms with van der Waals surface area (Å²) < 4.78 is 2.38. The molecule has 2 saturated heterocycles. The van der Waals surface area contributed by atoms with E-state index in [0.29, 0.717) is 5.13 Å². The van der Waals surface area contributed by atoms with Gasteiger partial charge < -0.3 is 10.6 Å². The van der Waals surface area contributed by atoms with Crippen LogP contribution in [0.2, 0.25) is 0 Å². The Morgan fingerprint density at radius 3 is 2.27 bits per heavy atom. The van der Waals surface area contributed by atoms with Gasteiger partial charge >= 0.3 is 0 Å². The number of hydrogen-bond donors (Lipinski definition) is 2. The minimum absolute atomic E-state index is 0.671. The zero-order valence-electron chi connectivity index (χ0n) is 16.9. The fourth-order valence-corrected chi connectivity index (χ4v) is 4.62. The van der Waals surface area contributed by atoms with Gasteiger partial charge in [0, 0.05) is 35.6 Å². The molecule has 0 saturated carbocycles. The highest BCUT2D eigenvalue weighted by Gasteiger charge is 2.15. The predicted molar refractivity (Wildman–Crippen MR) is 128 cm³/mol. The molecule has 0 bridgehead atoms. The number of nitrogens with zero attached hydrogens (tertiary/aromatic N) is 4. The van der Waals surface area contributed by atoms with E-state index in [2.05, 4.69) is 55.9 Å². The molecule has 6 nitrogen and oxygen atoms in total. The second kappa shape index (κ2) is 10.8. The first-order valence-corrected chi connectivity index (χ1v) is 11.8. The van der Waals surface area contributed by atoms with Crippen molar-refractivity contribution in [3.63, 3.8) is 0 Å². The van der Waals surface area contributed by atoms with Crippen molar-refractivity contribution in [3.8, 4) is 22.6 Å². The van der Waals surface area contributed by atoms with Crippen LogP contribution in [0.4, 0.5) is 5.13 Å². The van der Waals surface area contributed by atoms with Gasteiger partial charge in [0.05, 0.1) is 11.4 Å². The van der Waals surface area contributed by atoms with E-state index in [4.69, 9.17) is 4.98 Å². The van der Waals surface area contributed by atoms with Gasteiger partial charge in [0.2, 0.25) is 5.13 Å². The standard InChI is InChI=1S/C18H16N4S2.C4H10N2/c1-19-18-21-17(12-23-18)16-5-2-4-15(20-16)13-6-8-14(9-7-13)24-22-10-3-11-22;1-2-5-4-6-3-1/h2,4-9,12H,1,3,10-11H2;5-6H,1-4H2. The van der Waals surface area contributed by atoms with Crippen LogP contribution in [0, 0.1) is 0 Å². The molecule has 8 heteroatoms. The summed E-state index contributed by atoms with van der Waals surface area (Å²) in [4.78, 5) is 14.3. The summed E-state index contributed by atoms with van der Waals surface area (Å²) in [5.74, 6) is 0. The minimum atomic E-state index is 0.671. The van der Waals surface area contributed by atoms with Crippen LogP contribution >= 0.6 is 23.3 Å². The number of aromatic nitrogens is 2. The zero-order chi connectivity index (χ0) is 20.6. The lowest BCUT2D eigenvalue weighted by atomic mass is 10.1. The quantitative estimate of drug-likeness (QED) is 0.453. The topological polar surface area (TPSA) is 65.4 Å². The van der Waals surface area contributed by atoms with Gasteiger partial charge in [-0.25, -0.2) is 19.3 Å². The Kier molecular flexibility index (Phi) is 7.60. The number of benzene rings is 1. The summed E-state index contributed by atoms with van der Waals surface area (Å²) in [6.45, 7) is 9.26. The maximum absolute atomic E-state index is 4.74. The third kappa shape index (κ3) is 5.74. The van der Waals surface area contributed by atoms with Crippen molar-refractivity contribution >= 4 is 35.1 Å². The molecule has 2 aromatic heterocycles. The molecule has 2 N–H and O–H groups in total. The predicted octanol–water partition coefficient (Wildman–Crippen LogP) is 4.44. The Morgan fingerprint density at radius 1 is 0.933 bits per heavy atom. The van der Waals surface area contributed by atoms with Crippen LogP contribution < -0.4 is 10.6 Å². The summed E-state index contributed by atoms with van der Waals surface area (Å²) in [6.07, 6.45) is 2.58. The third-order valence-corrected chi connectivity index (χ3v) is 6.67. The summed E-state index contributed by atoms with van der Waals surface area (Å²) in [5, 5.41) is 8.98. The number of thiazole rings is 1. The molecule has 156 valence electrons. The van der Waals surface area contributed by atoms with E-state index in [0.717, 1.165) is 29.3 Å². The molecule has 3 aromatic rings. The molecular formula is C22H26N6S2. The average Bonchev–Trinajstić information content (AvgIpc) is 3.28. The Balaban J connectivity index is 0.000000313. The van der Waals surface area contributed by atoms with E-state index in [1.165, 1.54) is 55.3 Å². The Labute approximate surface area is 186 Å². The van der Waals surface area contributed by atoms with Crippen molar-refractivity contribution in [2.75, 3.05) is 32.8 Å². The van der Waals surface area contributed by atoms with Crippen molar-refractivity contribution in [2.45, 2.75) is 17.7 Å². The summed E-state index contributed by atoms with van der Waals surface area (Å²) >= 11 is 3.30. The van der Waals surface area contributed by atoms with E-state index in [-0.39, 0.29) is 0 Å². The van der Waals surface area contributed by atoms with Gasteiger partial charge in [-0.15, -0.1) is 11.3 Å². The Morgan fingerprint density at radius 2 is 1.70 bits per heavy atom. The Bertz CT molecular complexity index is 937. The molecule has 5 rings (SSSR count). The normalized spacial score (nSPS) is 16.3. The Hall–Kier alpha value is -2.10. The van der Waals surface area contributed by atoms with E-state index < -0.39 is 0 Å². The van der Waals surface area contributed by atoms with Crippen LogP contribution in [0.25, 0.3) is 22.6 Å². The monoisotopic (exact) mass is 438 g/mol. The maximum atomic E-state index is 4.74. The first-order chi connectivity index (χ1) is 14.8. The molecule has 4 heterocycles. The lowest BCUT2D eigenvalue weighted by Gasteiger charge is -2.29. The number of nitrogens with one attached hydrogen (secondary N) is 2. The lowest BCUT2D eigenvalue weighted by molar-refractivity contribution is 0.344. The molecular weight excluding hydrogens is 412 g/mol. The van der Waals surface area contributed by atoms with Gasteiger partial charge in [0.1, 0.15) is 5.69 Å². The molecule has 30 heavy (non-hydrogen) atoms. The highest BCUT2D eigenvalue weighted by Crippen LogP contribution is 2.30. The summed E-state index contributed by atoms with van der Waals surface area (Å²) in [5.41, 5.74) is 3.77. The molecule has 2 aliphatic rings. The van der Waals surface area contributed by atoms with E-state index in [1.807, 2.05) is 35.5 Å². The number of hydrogen-bond acceptors (Lipinski definition) is 8. The van der Waals surface area contributed by atoms with Gasteiger partial charge in [-0.1, -0.05) is 18.2 Å². The molecule has 2 aliphatic heterocycles. The summed E-state index contributed by atoms with van der Waals surface area (Å²) in [6, 6.07) is 14.6. The highest BCUT2D eigenvalue weighted by atomic mass is 32.2. The van der Waals surface area contributed by atoms with Gasteiger partial charge in [-0.2, -0.15) is 0 Å². The second-order valence-corrected chi connectivity index (χ2v) is 9.02. The van der Waals surface area contributed by atoms with Crippen LogP contribution in [0.1, 0.15) is 12.8 Å². The van der Waals surface area contributed by atoms with Gasteiger partial charge in [0.25, 0.3) is 0 Å². The van der Waals surface area contributed by atoms with E-state index in [9.17, 15) is 0 Å². The molecule has 0 atom stereocenters. The van der Waals surface area contributed by atoms with Crippen molar-refractivity contribution in [1.82, 2.24) is 24.9 Å². The zero-order valence-corrected chi connectivity index (χ0v) is 18.5. The van der Waals surface area contributed by atoms with Gasteiger partial charge in [-0.3, -0.25) is 0 Å². The van der Waals surface area contributed by atoms with Crippen molar-refractivity contribution in [3.05, 3.63) is 47.8 Å². The largest absolute Gasteiger partial charge is 0.304 e. The second-order valence-electron chi connectivity index (χ2n) is 7.01. The van der Waals surface area contributed by atoms with Crippen LogP contribution in [0.5, 0.6) is 0 Å². The van der Waals surface area contributed by atoms with Crippen molar-refractivity contribution < 1.29 is 0 Å². The first kappa shape index (κ1) is 21.1. The maximum Gasteiger partial charge on any atom is 0.209 e.